The second-order valence-electron chi connectivity index (χ2n) is 4.49. The number of benzene rings is 1. The minimum absolute atomic E-state index is 0.365. The van der Waals surface area contributed by atoms with Crippen LogP contribution in [0.2, 0.25) is 0 Å². The average Bonchev–Trinajstić information content (AvgIpc) is 2.78. The Kier molecular flexibility index (Phi) is 3.25. The van der Waals surface area contributed by atoms with Crippen LogP contribution < -0.4 is 5.32 Å². The molecule has 86 valence electrons. The number of rotatable bonds is 3. The molecule has 3 nitrogen and oxygen atoms in total. The van der Waals surface area contributed by atoms with Crippen molar-refractivity contribution in [3.8, 4) is 0 Å². The Hall–Kier alpha value is -1.35. The zero-order chi connectivity index (χ0) is 11.5. The lowest BCUT2D eigenvalue weighted by Gasteiger charge is -2.18. The monoisotopic (exact) mass is 219 g/mol. The SMILES string of the molecule is CC(c1ccccc1)C1CN[C@H](C(=O)O)C1. The van der Waals surface area contributed by atoms with Gasteiger partial charge in [-0.3, -0.25) is 4.79 Å². The molecule has 1 aliphatic rings. The van der Waals surface area contributed by atoms with Crippen LogP contribution in [0.1, 0.15) is 24.8 Å². The van der Waals surface area contributed by atoms with Gasteiger partial charge in [0.05, 0.1) is 0 Å². The first kappa shape index (κ1) is 11.1. The van der Waals surface area contributed by atoms with Crippen molar-refractivity contribution >= 4 is 5.97 Å². The van der Waals surface area contributed by atoms with Crippen LogP contribution in [0.4, 0.5) is 0 Å². The van der Waals surface area contributed by atoms with E-state index >= 15 is 0 Å². The molecule has 1 aliphatic heterocycles. The fourth-order valence-corrected chi connectivity index (χ4v) is 2.36. The average molecular weight is 219 g/mol. The minimum Gasteiger partial charge on any atom is -0.480 e. The van der Waals surface area contributed by atoms with E-state index in [1.165, 1.54) is 5.56 Å². The van der Waals surface area contributed by atoms with Crippen LogP contribution in [0, 0.1) is 5.92 Å². The van der Waals surface area contributed by atoms with Crippen LogP contribution in [0.5, 0.6) is 0 Å². The molecule has 16 heavy (non-hydrogen) atoms. The van der Waals surface area contributed by atoms with Gasteiger partial charge in [-0.05, 0) is 30.4 Å². The lowest BCUT2D eigenvalue weighted by molar-refractivity contribution is -0.139. The predicted octanol–water partition coefficient (Wildman–Crippen LogP) is 1.85. The maximum atomic E-state index is 10.8. The third-order valence-electron chi connectivity index (χ3n) is 3.50. The van der Waals surface area contributed by atoms with Crippen LogP contribution in [0.3, 0.4) is 0 Å². The van der Waals surface area contributed by atoms with Crippen molar-refractivity contribution < 1.29 is 9.90 Å². The molecule has 1 saturated heterocycles. The van der Waals surface area contributed by atoms with Crippen LogP contribution >= 0.6 is 0 Å². The van der Waals surface area contributed by atoms with Crippen LogP contribution in [0.15, 0.2) is 30.3 Å². The third kappa shape index (κ3) is 2.25. The maximum absolute atomic E-state index is 10.8. The first-order valence-electron chi connectivity index (χ1n) is 5.69. The van der Waals surface area contributed by atoms with Crippen molar-refractivity contribution in [3.05, 3.63) is 35.9 Å². The lowest BCUT2D eigenvalue weighted by atomic mass is 9.86. The second kappa shape index (κ2) is 4.66. The molecule has 0 saturated carbocycles. The molecule has 2 rings (SSSR count). The van der Waals surface area contributed by atoms with E-state index < -0.39 is 5.97 Å². The lowest BCUT2D eigenvalue weighted by Crippen LogP contribution is -2.29. The molecule has 1 aromatic rings. The first-order valence-corrected chi connectivity index (χ1v) is 5.69. The Morgan fingerprint density at radius 1 is 1.44 bits per heavy atom. The van der Waals surface area contributed by atoms with Crippen LogP contribution in [-0.2, 0) is 4.79 Å². The van der Waals surface area contributed by atoms with Crippen LogP contribution in [0.25, 0.3) is 0 Å². The summed E-state index contributed by atoms with van der Waals surface area (Å²) in [5, 5.41) is 12.0. The fourth-order valence-electron chi connectivity index (χ4n) is 2.36. The molecule has 3 heteroatoms. The van der Waals surface area contributed by atoms with Gasteiger partial charge in [-0.2, -0.15) is 0 Å². The van der Waals surface area contributed by atoms with E-state index in [0.29, 0.717) is 11.8 Å². The van der Waals surface area contributed by atoms with Gasteiger partial charge >= 0.3 is 5.97 Å². The van der Waals surface area contributed by atoms with Crippen molar-refractivity contribution in [2.24, 2.45) is 5.92 Å². The van der Waals surface area contributed by atoms with Crippen molar-refractivity contribution in [2.45, 2.75) is 25.3 Å². The van der Waals surface area contributed by atoms with E-state index in [9.17, 15) is 4.79 Å². The number of hydrogen-bond donors (Lipinski definition) is 2. The molecular formula is C13H17NO2. The molecule has 1 fully saturated rings. The predicted molar refractivity (Wildman–Crippen MR) is 62.4 cm³/mol. The molecule has 1 aromatic carbocycles. The van der Waals surface area contributed by atoms with E-state index in [-0.39, 0.29) is 6.04 Å². The summed E-state index contributed by atoms with van der Waals surface area (Å²) in [7, 11) is 0. The minimum atomic E-state index is -0.734. The van der Waals surface area contributed by atoms with Crippen molar-refractivity contribution in [1.29, 1.82) is 0 Å². The smallest absolute Gasteiger partial charge is 0.320 e. The van der Waals surface area contributed by atoms with Gasteiger partial charge in [-0.25, -0.2) is 0 Å². The molecule has 0 amide bonds. The standard InChI is InChI=1S/C13H17NO2/c1-9(10-5-3-2-4-6-10)11-7-12(13(15)16)14-8-11/h2-6,9,11-12,14H,7-8H2,1H3,(H,15,16)/t9?,11?,12-/m0/s1. The summed E-state index contributed by atoms with van der Waals surface area (Å²) in [5.41, 5.74) is 1.29. The quantitative estimate of drug-likeness (QED) is 0.815. The summed E-state index contributed by atoms with van der Waals surface area (Å²) < 4.78 is 0. The highest BCUT2D eigenvalue weighted by Crippen LogP contribution is 2.30. The van der Waals surface area contributed by atoms with E-state index in [1.807, 2.05) is 18.2 Å². The van der Waals surface area contributed by atoms with Gasteiger partial charge in [0, 0.05) is 0 Å². The third-order valence-corrected chi connectivity index (χ3v) is 3.50. The van der Waals surface area contributed by atoms with Crippen molar-refractivity contribution in [1.82, 2.24) is 5.32 Å². The van der Waals surface area contributed by atoms with Gasteiger partial charge in [0.15, 0.2) is 0 Å². The summed E-state index contributed by atoms with van der Waals surface area (Å²) in [6.07, 6.45) is 0.728. The number of carboxylic acids is 1. The first-order chi connectivity index (χ1) is 7.68. The van der Waals surface area contributed by atoms with Gasteiger partial charge in [0.2, 0.25) is 0 Å². The Morgan fingerprint density at radius 2 is 2.12 bits per heavy atom. The molecule has 0 aromatic heterocycles. The molecule has 0 spiro atoms. The molecule has 0 bridgehead atoms. The molecular weight excluding hydrogens is 202 g/mol. The zero-order valence-corrected chi connectivity index (χ0v) is 9.39. The van der Waals surface area contributed by atoms with Gasteiger partial charge in [0.25, 0.3) is 0 Å². The number of nitrogens with one attached hydrogen (secondary N) is 1. The summed E-state index contributed by atoms with van der Waals surface area (Å²) in [5.74, 6) is 0.101. The molecule has 3 atom stereocenters. The normalized spacial score (nSPS) is 26.6. The topological polar surface area (TPSA) is 49.3 Å². The maximum Gasteiger partial charge on any atom is 0.320 e. The number of carboxylic acid groups (broad SMARTS) is 1. The summed E-state index contributed by atoms with van der Waals surface area (Å²) in [4.78, 5) is 10.8. The van der Waals surface area contributed by atoms with E-state index in [4.69, 9.17) is 5.11 Å². The Labute approximate surface area is 95.5 Å². The van der Waals surface area contributed by atoms with Crippen LogP contribution in [-0.4, -0.2) is 23.7 Å². The van der Waals surface area contributed by atoms with E-state index in [2.05, 4.69) is 24.4 Å². The molecule has 2 unspecified atom stereocenters. The van der Waals surface area contributed by atoms with Gasteiger partial charge in [0.1, 0.15) is 6.04 Å². The van der Waals surface area contributed by atoms with E-state index in [0.717, 1.165) is 13.0 Å². The molecule has 2 N–H and O–H groups in total. The van der Waals surface area contributed by atoms with Gasteiger partial charge in [-0.15, -0.1) is 0 Å². The van der Waals surface area contributed by atoms with Gasteiger partial charge in [-0.1, -0.05) is 37.3 Å². The summed E-state index contributed by atoms with van der Waals surface area (Å²) in [6.45, 7) is 2.97. The fraction of sp³-hybridized carbons (Fsp3) is 0.462. The highest BCUT2D eigenvalue weighted by Gasteiger charge is 2.32. The highest BCUT2D eigenvalue weighted by atomic mass is 16.4. The van der Waals surface area contributed by atoms with Gasteiger partial charge < -0.3 is 10.4 Å². The molecule has 1 heterocycles. The largest absolute Gasteiger partial charge is 0.480 e. The number of hydrogen-bond acceptors (Lipinski definition) is 2. The Bertz CT molecular complexity index is 363. The number of aliphatic carboxylic acids is 1. The Balaban J connectivity index is 2.02. The zero-order valence-electron chi connectivity index (χ0n) is 9.39. The van der Waals surface area contributed by atoms with Crippen molar-refractivity contribution in [3.63, 3.8) is 0 Å². The Morgan fingerprint density at radius 3 is 2.69 bits per heavy atom. The highest BCUT2D eigenvalue weighted by molar-refractivity contribution is 5.73. The second-order valence-corrected chi connectivity index (χ2v) is 4.49. The van der Waals surface area contributed by atoms with E-state index in [1.54, 1.807) is 0 Å². The molecule has 0 aliphatic carbocycles. The molecule has 0 radical (unpaired) electrons. The number of carbonyl (C=O) groups is 1. The van der Waals surface area contributed by atoms with Crippen molar-refractivity contribution in [2.75, 3.05) is 6.54 Å². The summed E-state index contributed by atoms with van der Waals surface area (Å²) >= 11 is 0. The summed E-state index contributed by atoms with van der Waals surface area (Å²) in [6, 6.07) is 9.92.